The molecule has 21 heavy (non-hydrogen) atoms. The maximum atomic E-state index is 6.02. The van der Waals surface area contributed by atoms with E-state index in [9.17, 15) is 0 Å². The third-order valence-electron chi connectivity index (χ3n) is 4.29. The molecule has 5 heteroatoms. The van der Waals surface area contributed by atoms with Gasteiger partial charge < -0.3 is 15.0 Å². The van der Waals surface area contributed by atoms with Crippen LogP contribution in [-0.4, -0.2) is 21.9 Å². The lowest BCUT2D eigenvalue weighted by Gasteiger charge is -2.25. The van der Waals surface area contributed by atoms with Crippen LogP contribution in [0.2, 0.25) is 0 Å². The maximum absolute atomic E-state index is 6.02. The molecule has 112 valence electrons. The van der Waals surface area contributed by atoms with Crippen LogP contribution in [0, 0.1) is 6.92 Å². The van der Waals surface area contributed by atoms with Gasteiger partial charge in [0.05, 0.1) is 12.8 Å². The van der Waals surface area contributed by atoms with Gasteiger partial charge in [0.2, 0.25) is 0 Å². The first-order valence-corrected chi connectivity index (χ1v) is 7.56. The van der Waals surface area contributed by atoms with Crippen LogP contribution < -0.4 is 10.5 Å². The lowest BCUT2D eigenvalue weighted by atomic mass is 9.95. The highest BCUT2D eigenvalue weighted by atomic mass is 16.5. The molecular weight excluding hydrogens is 264 g/mol. The van der Waals surface area contributed by atoms with Crippen molar-refractivity contribution in [3.63, 3.8) is 0 Å². The van der Waals surface area contributed by atoms with Gasteiger partial charge in [0, 0.05) is 11.6 Å². The van der Waals surface area contributed by atoms with Crippen molar-refractivity contribution in [3.05, 3.63) is 24.0 Å². The number of benzene rings is 1. The van der Waals surface area contributed by atoms with Gasteiger partial charge in [-0.05, 0) is 38.0 Å². The summed E-state index contributed by atoms with van der Waals surface area (Å²) in [6.07, 6.45) is 6.32. The summed E-state index contributed by atoms with van der Waals surface area (Å²) in [5.74, 6) is 2.58. The van der Waals surface area contributed by atoms with Crippen molar-refractivity contribution >= 4 is 5.69 Å². The number of rotatable bonds is 3. The number of nitrogen functional groups attached to an aromatic ring is 1. The van der Waals surface area contributed by atoms with E-state index in [1.165, 1.54) is 32.1 Å². The van der Waals surface area contributed by atoms with Gasteiger partial charge in [0.15, 0.2) is 5.82 Å². The second-order valence-corrected chi connectivity index (χ2v) is 5.69. The minimum absolute atomic E-state index is 0.507. The van der Waals surface area contributed by atoms with E-state index in [0.717, 1.165) is 17.2 Å². The lowest BCUT2D eigenvalue weighted by Crippen LogP contribution is -2.15. The highest BCUT2D eigenvalue weighted by Crippen LogP contribution is 2.34. The first kappa shape index (κ1) is 13.9. The monoisotopic (exact) mass is 286 g/mol. The number of ether oxygens (including phenoxy) is 1. The summed E-state index contributed by atoms with van der Waals surface area (Å²) in [7, 11) is 1.63. The number of aryl methyl sites for hydroxylation is 1. The Morgan fingerprint density at radius 1 is 1.19 bits per heavy atom. The van der Waals surface area contributed by atoms with Crippen molar-refractivity contribution in [3.8, 4) is 17.1 Å². The molecule has 2 N–H and O–H groups in total. The Morgan fingerprint density at radius 2 is 1.95 bits per heavy atom. The Labute approximate surface area is 125 Å². The van der Waals surface area contributed by atoms with Crippen molar-refractivity contribution in [2.45, 2.75) is 45.1 Å². The highest BCUT2D eigenvalue weighted by molar-refractivity contribution is 5.66. The number of aromatic nitrogens is 3. The van der Waals surface area contributed by atoms with Gasteiger partial charge in [-0.15, -0.1) is 10.2 Å². The SMILES string of the molecule is COc1ccc(-c2nnc(C)n2C2CCCCC2)cc1N. The van der Waals surface area contributed by atoms with Gasteiger partial charge in [0.1, 0.15) is 11.6 Å². The molecule has 1 aromatic heterocycles. The van der Waals surface area contributed by atoms with Crippen LogP contribution in [-0.2, 0) is 0 Å². The predicted octanol–water partition coefficient (Wildman–Crippen LogP) is 3.35. The average Bonchev–Trinajstić information content (AvgIpc) is 2.90. The maximum Gasteiger partial charge on any atom is 0.164 e. The molecule has 3 rings (SSSR count). The number of nitrogens with zero attached hydrogens (tertiary/aromatic N) is 3. The van der Waals surface area contributed by atoms with Crippen molar-refractivity contribution in [2.24, 2.45) is 0 Å². The van der Waals surface area contributed by atoms with Crippen LogP contribution in [0.1, 0.15) is 44.0 Å². The topological polar surface area (TPSA) is 66.0 Å². The molecule has 1 saturated carbocycles. The molecule has 1 aromatic carbocycles. The molecule has 0 radical (unpaired) electrons. The van der Waals surface area contributed by atoms with Gasteiger partial charge in [-0.25, -0.2) is 0 Å². The molecule has 0 bridgehead atoms. The normalized spacial score (nSPS) is 16.1. The van der Waals surface area contributed by atoms with E-state index in [4.69, 9.17) is 10.5 Å². The molecule has 1 heterocycles. The standard InChI is InChI=1S/C16H22N4O/c1-11-18-19-16(20(11)13-6-4-3-5-7-13)12-8-9-15(21-2)14(17)10-12/h8-10,13H,3-7,17H2,1-2H3. The molecule has 0 saturated heterocycles. The molecule has 2 aromatic rings. The second kappa shape index (κ2) is 5.76. The zero-order valence-electron chi connectivity index (χ0n) is 12.7. The molecule has 0 unspecified atom stereocenters. The molecule has 0 atom stereocenters. The average molecular weight is 286 g/mol. The van der Waals surface area contributed by atoms with Gasteiger partial charge >= 0.3 is 0 Å². The predicted molar refractivity (Wildman–Crippen MR) is 83.3 cm³/mol. The van der Waals surface area contributed by atoms with Crippen molar-refractivity contribution in [1.29, 1.82) is 0 Å². The van der Waals surface area contributed by atoms with E-state index in [-0.39, 0.29) is 0 Å². The molecule has 0 amide bonds. The van der Waals surface area contributed by atoms with E-state index in [0.29, 0.717) is 17.5 Å². The van der Waals surface area contributed by atoms with Crippen molar-refractivity contribution in [2.75, 3.05) is 12.8 Å². The summed E-state index contributed by atoms with van der Waals surface area (Å²) in [5, 5.41) is 8.66. The van der Waals surface area contributed by atoms with Crippen LogP contribution >= 0.6 is 0 Å². The van der Waals surface area contributed by atoms with Crippen LogP contribution in [0.3, 0.4) is 0 Å². The number of nitrogens with two attached hydrogens (primary N) is 1. The minimum atomic E-state index is 0.507. The third-order valence-corrected chi connectivity index (χ3v) is 4.29. The lowest BCUT2D eigenvalue weighted by molar-refractivity contribution is 0.350. The van der Waals surface area contributed by atoms with Crippen LogP contribution in [0.5, 0.6) is 5.75 Å². The molecule has 1 aliphatic carbocycles. The fraction of sp³-hybridized carbons (Fsp3) is 0.500. The number of methoxy groups -OCH3 is 1. The molecule has 5 nitrogen and oxygen atoms in total. The van der Waals surface area contributed by atoms with Crippen molar-refractivity contribution < 1.29 is 4.74 Å². The fourth-order valence-electron chi connectivity index (χ4n) is 3.22. The summed E-state index contributed by atoms with van der Waals surface area (Å²) in [4.78, 5) is 0. The van der Waals surface area contributed by atoms with Crippen LogP contribution in [0.25, 0.3) is 11.4 Å². The van der Waals surface area contributed by atoms with E-state index in [1.807, 2.05) is 25.1 Å². The number of anilines is 1. The van der Waals surface area contributed by atoms with E-state index >= 15 is 0 Å². The number of hydrogen-bond donors (Lipinski definition) is 1. The second-order valence-electron chi connectivity index (χ2n) is 5.69. The molecular formula is C16H22N4O. The Morgan fingerprint density at radius 3 is 2.62 bits per heavy atom. The minimum Gasteiger partial charge on any atom is -0.495 e. The van der Waals surface area contributed by atoms with Crippen LogP contribution in [0.15, 0.2) is 18.2 Å². The van der Waals surface area contributed by atoms with E-state index in [1.54, 1.807) is 7.11 Å². The Hall–Kier alpha value is -2.04. The zero-order valence-corrected chi connectivity index (χ0v) is 12.7. The summed E-state index contributed by atoms with van der Waals surface area (Å²) in [6.45, 7) is 2.03. The molecule has 0 aliphatic heterocycles. The first-order chi connectivity index (χ1) is 10.2. The smallest absolute Gasteiger partial charge is 0.164 e. The summed E-state index contributed by atoms with van der Waals surface area (Å²) in [5.41, 5.74) is 7.65. The van der Waals surface area contributed by atoms with Crippen LogP contribution in [0.4, 0.5) is 5.69 Å². The Bertz CT molecular complexity index is 629. The van der Waals surface area contributed by atoms with Gasteiger partial charge in [0.25, 0.3) is 0 Å². The molecule has 0 spiro atoms. The fourth-order valence-corrected chi connectivity index (χ4v) is 3.22. The first-order valence-electron chi connectivity index (χ1n) is 7.56. The largest absolute Gasteiger partial charge is 0.495 e. The quantitative estimate of drug-likeness (QED) is 0.879. The third kappa shape index (κ3) is 2.60. The van der Waals surface area contributed by atoms with Gasteiger partial charge in [-0.2, -0.15) is 0 Å². The molecule has 1 aliphatic rings. The summed E-state index contributed by atoms with van der Waals surface area (Å²) in [6, 6.07) is 6.31. The van der Waals surface area contributed by atoms with E-state index < -0.39 is 0 Å². The van der Waals surface area contributed by atoms with Gasteiger partial charge in [-0.1, -0.05) is 19.3 Å². The van der Waals surface area contributed by atoms with Crippen molar-refractivity contribution in [1.82, 2.24) is 14.8 Å². The number of hydrogen-bond acceptors (Lipinski definition) is 4. The Balaban J connectivity index is 2.00. The Kier molecular flexibility index (Phi) is 3.82. The zero-order chi connectivity index (χ0) is 14.8. The van der Waals surface area contributed by atoms with E-state index in [2.05, 4.69) is 14.8 Å². The molecule has 1 fully saturated rings. The summed E-state index contributed by atoms with van der Waals surface area (Å²) < 4.78 is 7.50. The van der Waals surface area contributed by atoms with Gasteiger partial charge in [-0.3, -0.25) is 0 Å². The summed E-state index contributed by atoms with van der Waals surface area (Å²) >= 11 is 0. The highest BCUT2D eigenvalue weighted by Gasteiger charge is 2.22.